The van der Waals surface area contributed by atoms with Crippen molar-refractivity contribution in [1.29, 1.82) is 0 Å². The van der Waals surface area contributed by atoms with E-state index in [0.717, 1.165) is 17.7 Å². The van der Waals surface area contributed by atoms with Crippen molar-refractivity contribution in [2.45, 2.75) is 43.1 Å². The number of benzene rings is 3. The molecule has 0 radical (unpaired) electrons. The molecule has 0 bridgehead atoms. The summed E-state index contributed by atoms with van der Waals surface area (Å²) in [5.74, 6) is 1.37. The zero-order chi connectivity index (χ0) is 33.2. The maximum absolute atomic E-state index is 14.2. The highest BCUT2D eigenvalue weighted by atomic mass is 35.5. The normalized spacial score (nSPS) is 23.2. The molecule has 46 heavy (non-hydrogen) atoms. The summed E-state index contributed by atoms with van der Waals surface area (Å²) in [7, 11) is 6.18. The molecule has 2 saturated heterocycles. The Labute approximate surface area is 280 Å². The Kier molecular flexibility index (Phi) is 9.96. The van der Waals surface area contributed by atoms with Crippen molar-refractivity contribution in [2.75, 3.05) is 54.6 Å². The number of ether oxygens (including phenoxy) is 4. The number of carbonyl (C=O) groups excluding carboxylic acids is 2. The molecule has 2 N–H and O–H groups in total. The van der Waals surface area contributed by atoms with Crippen LogP contribution >= 0.6 is 23.2 Å². The summed E-state index contributed by atoms with van der Waals surface area (Å²) in [6.07, 6.45) is 1.68. The monoisotopic (exact) mass is 669 g/mol. The topological polar surface area (TPSA) is 104 Å². The molecule has 246 valence electrons. The zero-order valence-corrected chi connectivity index (χ0v) is 28.4. The lowest BCUT2D eigenvalue weighted by molar-refractivity contribution is -0.127. The molecule has 3 atom stereocenters. The van der Waals surface area contributed by atoms with E-state index in [1.54, 1.807) is 25.3 Å². The number of methoxy groups -OCH3 is 4. The number of rotatable bonds is 10. The van der Waals surface area contributed by atoms with Gasteiger partial charge in [0.25, 0.3) is 5.91 Å². The third-order valence-corrected chi connectivity index (χ3v) is 10.7. The van der Waals surface area contributed by atoms with Gasteiger partial charge < -0.3 is 29.6 Å². The van der Waals surface area contributed by atoms with Gasteiger partial charge in [-0.25, -0.2) is 0 Å². The van der Waals surface area contributed by atoms with Gasteiger partial charge in [-0.1, -0.05) is 48.3 Å². The molecular formula is C35H41Cl2N3O6. The van der Waals surface area contributed by atoms with E-state index in [2.05, 4.69) is 11.8 Å². The zero-order valence-electron chi connectivity index (χ0n) is 26.9. The quantitative estimate of drug-likeness (QED) is 0.295. The molecule has 2 heterocycles. The molecular weight excluding hydrogens is 629 g/mol. The third-order valence-electron chi connectivity index (χ3n) is 9.96. The predicted molar refractivity (Wildman–Crippen MR) is 179 cm³/mol. The van der Waals surface area contributed by atoms with Gasteiger partial charge >= 0.3 is 0 Å². The summed E-state index contributed by atoms with van der Waals surface area (Å²) >= 11 is 13.0. The highest BCUT2D eigenvalue weighted by Gasteiger charge is 2.55. The average Bonchev–Trinajstić information content (AvgIpc) is 3.54. The average molecular weight is 671 g/mol. The maximum atomic E-state index is 14.2. The standard InChI is InChI=1S/C35H41Cl2N3O6/c1-6-39-15-13-34(33(38)42,23-7-10-25(43-2)11-8-23)20-30(39)35(24-9-12-26(36)27(37)19-24)14-16-40(21-35)32(41)22-17-28(44-3)31(46-5)29(18-22)45-4/h7-12,17-19,30H,6,13-16,20-21H2,1-5H3,(H2,38,42). The highest BCUT2D eigenvalue weighted by molar-refractivity contribution is 6.42. The van der Waals surface area contributed by atoms with Crippen LogP contribution < -0.4 is 24.7 Å². The molecule has 3 aromatic carbocycles. The second-order valence-corrected chi connectivity index (χ2v) is 12.8. The minimum absolute atomic E-state index is 0.157. The van der Waals surface area contributed by atoms with Gasteiger partial charge in [0.05, 0.1) is 43.9 Å². The highest BCUT2D eigenvalue weighted by Crippen LogP contribution is 2.50. The molecule has 2 amide bonds. The van der Waals surface area contributed by atoms with E-state index < -0.39 is 10.8 Å². The Hall–Kier alpha value is -3.66. The Bertz CT molecular complexity index is 1580. The van der Waals surface area contributed by atoms with Crippen molar-refractivity contribution >= 4 is 35.0 Å². The Morgan fingerprint density at radius 1 is 0.848 bits per heavy atom. The Balaban J connectivity index is 1.60. The number of primary amides is 1. The van der Waals surface area contributed by atoms with Crippen molar-refractivity contribution in [3.63, 3.8) is 0 Å². The van der Waals surface area contributed by atoms with Crippen LogP contribution in [0.5, 0.6) is 23.0 Å². The largest absolute Gasteiger partial charge is 0.497 e. The van der Waals surface area contributed by atoms with Crippen LogP contribution in [-0.4, -0.2) is 82.3 Å². The molecule has 2 aliphatic heterocycles. The number of nitrogens with two attached hydrogens (primary N) is 1. The van der Waals surface area contributed by atoms with Gasteiger partial charge in [0, 0.05) is 30.1 Å². The van der Waals surface area contributed by atoms with Crippen molar-refractivity contribution in [3.05, 3.63) is 81.3 Å². The molecule has 0 spiro atoms. The third kappa shape index (κ3) is 5.85. The fourth-order valence-corrected chi connectivity index (χ4v) is 7.71. The van der Waals surface area contributed by atoms with Gasteiger partial charge in [-0.3, -0.25) is 14.5 Å². The number of halogens is 2. The second kappa shape index (κ2) is 13.6. The fourth-order valence-electron chi connectivity index (χ4n) is 7.41. The molecule has 2 fully saturated rings. The van der Waals surface area contributed by atoms with Crippen molar-refractivity contribution in [1.82, 2.24) is 9.80 Å². The lowest BCUT2D eigenvalue weighted by atomic mass is 9.61. The number of likely N-dealkylation sites (N-methyl/N-ethyl adjacent to an activating group) is 1. The second-order valence-electron chi connectivity index (χ2n) is 11.9. The molecule has 2 aliphatic rings. The lowest BCUT2D eigenvalue weighted by Crippen LogP contribution is -2.61. The van der Waals surface area contributed by atoms with Crippen LogP contribution in [-0.2, 0) is 15.6 Å². The summed E-state index contributed by atoms with van der Waals surface area (Å²) < 4.78 is 21.9. The van der Waals surface area contributed by atoms with E-state index in [9.17, 15) is 9.59 Å². The van der Waals surface area contributed by atoms with Crippen LogP contribution in [0.25, 0.3) is 0 Å². The van der Waals surface area contributed by atoms with Gasteiger partial charge in [0.1, 0.15) is 5.75 Å². The molecule has 5 rings (SSSR count). The van der Waals surface area contributed by atoms with Crippen LogP contribution in [0.2, 0.25) is 10.0 Å². The summed E-state index contributed by atoms with van der Waals surface area (Å²) in [5, 5.41) is 0.882. The van der Waals surface area contributed by atoms with E-state index in [-0.39, 0.29) is 17.9 Å². The minimum atomic E-state index is -0.917. The number of likely N-dealkylation sites (tertiary alicyclic amines) is 2. The van der Waals surface area contributed by atoms with Crippen molar-refractivity contribution in [2.24, 2.45) is 5.73 Å². The SMILES string of the molecule is CCN1CCC(C(N)=O)(c2ccc(OC)cc2)CC1C1(c2ccc(Cl)c(Cl)c2)CCN(C(=O)c2cc(OC)c(OC)c(OC)c2)C1. The van der Waals surface area contributed by atoms with Crippen LogP contribution in [0.3, 0.4) is 0 Å². The fraction of sp³-hybridized carbons (Fsp3) is 0.429. The number of nitrogens with zero attached hydrogens (tertiary/aromatic N) is 2. The van der Waals surface area contributed by atoms with Gasteiger partial charge in [0.2, 0.25) is 11.7 Å². The van der Waals surface area contributed by atoms with E-state index in [0.29, 0.717) is 77.5 Å². The molecule has 11 heteroatoms. The molecule has 0 aliphatic carbocycles. The summed E-state index contributed by atoms with van der Waals surface area (Å²) in [4.78, 5) is 31.9. The minimum Gasteiger partial charge on any atom is -0.497 e. The van der Waals surface area contributed by atoms with Gasteiger partial charge in [-0.15, -0.1) is 0 Å². The maximum Gasteiger partial charge on any atom is 0.254 e. The van der Waals surface area contributed by atoms with Gasteiger partial charge in [-0.05, 0) is 79.9 Å². The molecule has 0 aromatic heterocycles. The van der Waals surface area contributed by atoms with Crippen LogP contribution in [0, 0.1) is 0 Å². The first-order valence-corrected chi connectivity index (χ1v) is 16.1. The Morgan fingerprint density at radius 3 is 2.04 bits per heavy atom. The van der Waals surface area contributed by atoms with Gasteiger partial charge in [-0.2, -0.15) is 0 Å². The lowest BCUT2D eigenvalue weighted by Gasteiger charge is -2.52. The summed E-state index contributed by atoms with van der Waals surface area (Å²) in [6.45, 7) is 4.40. The first kappa shape index (κ1) is 33.7. The summed E-state index contributed by atoms with van der Waals surface area (Å²) in [5.41, 5.74) is 7.01. The van der Waals surface area contributed by atoms with Crippen molar-refractivity contribution in [3.8, 4) is 23.0 Å². The van der Waals surface area contributed by atoms with Crippen molar-refractivity contribution < 1.29 is 28.5 Å². The number of carbonyl (C=O) groups is 2. The molecule has 0 saturated carbocycles. The first-order chi connectivity index (χ1) is 22.1. The molecule has 9 nitrogen and oxygen atoms in total. The van der Waals surface area contributed by atoms with Crippen LogP contribution in [0.4, 0.5) is 0 Å². The Morgan fingerprint density at radius 2 is 1.50 bits per heavy atom. The van der Waals surface area contributed by atoms with E-state index in [1.165, 1.54) is 21.3 Å². The molecule has 3 aromatic rings. The first-order valence-electron chi connectivity index (χ1n) is 15.3. The number of hydrogen-bond donors (Lipinski definition) is 1. The van der Waals surface area contributed by atoms with E-state index in [4.69, 9.17) is 47.9 Å². The summed E-state index contributed by atoms with van der Waals surface area (Å²) in [6, 6.07) is 16.5. The predicted octanol–water partition coefficient (Wildman–Crippen LogP) is 5.72. The number of piperidine rings is 1. The number of hydrogen-bond acceptors (Lipinski definition) is 7. The van der Waals surface area contributed by atoms with Crippen LogP contribution in [0.15, 0.2) is 54.6 Å². The molecule has 3 unspecified atom stereocenters. The smallest absolute Gasteiger partial charge is 0.254 e. The van der Waals surface area contributed by atoms with E-state index in [1.807, 2.05) is 41.3 Å². The van der Waals surface area contributed by atoms with Gasteiger partial charge in [0.15, 0.2) is 11.5 Å². The van der Waals surface area contributed by atoms with Crippen LogP contribution in [0.1, 0.15) is 47.7 Å². The number of amides is 2. The van der Waals surface area contributed by atoms with E-state index >= 15 is 0 Å².